The largest absolute Gasteiger partial charge is 0.349 e. The predicted octanol–water partition coefficient (Wildman–Crippen LogP) is 1.93. The lowest BCUT2D eigenvalue weighted by Crippen LogP contribution is -2.25. The maximum absolute atomic E-state index is 12.0. The zero-order valence-electron chi connectivity index (χ0n) is 10.3. The molecule has 2 N–H and O–H groups in total. The Labute approximate surface area is 110 Å². The molecule has 1 aromatic heterocycles. The number of rotatable bonds is 3. The Bertz CT molecular complexity index is 672. The van der Waals surface area contributed by atoms with Crippen LogP contribution in [-0.2, 0) is 0 Å². The molecule has 0 radical (unpaired) electrons. The molecule has 1 heterocycles. The molecule has 1 aromatic carbocycles. The number of nitrogens with one attached hydrogen (secondary N) is 2. The maximum Gasteiger partial charge on any atom is 0.255 e. The molecule has 0 spiro atoms. The summed E-state index contributed by atoms with van der Waals surface area (Å²) in [7, 11) is 0. The molecule has 0 aliphatic heterocycles. The number of hydrogen-bond donors (Lipinski definition) is 2. The van der Waals surface area contributed by atoms with E-state index in [1.807, 2.05) is 6.07 Å². The van der Waals surface area contributed by atoms with Gasteiger partial charge in [-0.05, 0) is 42.7 Å². The van der Waals surface area contributed by atoms with Crippen LogP contribution in [0.4, 0.5) is 0 Å². The van der Waals surface area contributed by atoms with E-state index in [0.29, 0.717) is 17.2 Å². The molecule has 1 fully saturated rings. The van der Waals surface area contributed by atoms with E-state index in [4.69, 9.17) is 0 Å². The van der Waals surface area contributed by atoms with E-state index in [0.717, 1.165) is 18.4 Å². The molecule has 1 aliphatic rings. The number of H-pyrrole nitrogens is 1. The summed E-state index contributed by atoms with van der Waals surface area (Å²) in [4.78, 5) is 26.3. The second kappa shape index (κ2) is 4.72. The second-order valence-electron chi connectivity index (χ2n) is 4.74. The van der Waals surface area contributed by atoms with E-state index >= 15 is 0 Å². The van der Waals surface area contributed by atoms with Gasteiger partial charge in [0.15, 0.2) is 0 Å². The van der Waals surface area contributed by atoms with E-state index in [1.165, 1.54) is 0 Å². The minimum atomic E-state index is -0.151. The van der Waals surface area contributed by atoms with Crippen LogP contribution in [0.2, 0.25) is 0 Å². The van der Waals surface area contributed by atoms with Crippen molar-refractivity contribution < 1.29 is 4.79 Å². The van der Waals surface area contributed by atoms with Crippen molar-refractivity contribution in [2.45, 2.75) is 18.9 Å². The van der Waals surface area contributed by atoms with Gasteiger partial charge in [0.2, 0.25) is 0 Å². The number of aromatic amines is 1. The molecule has 0 atom stereocenters. The zero-order chi connectivity index (χ0) is 13.2. The number of benzene rings is 1. The topological polar surface area (TPSA) is 62.0 Å². The Balaban J connectivity index is 1.93. The molecule has 1 aliphatic carbocycles. The number of carbonyl (C=O) groups is 1. The van der Waals surface area contributed by atoms with Crippen LogP contribution in [-0.4, -0.2) is 16.9 Å². The van der Waals surface area contributed by atoms with Crippen molar-refractivity contribution >= 4 is 5.91 Å². The smallest absolute Gasteiger partial charge is 0.255 e. The molecule has 3 rings (SSSR count). The van der Waals surface area contributed by atoms with Crippen LogP contribution in [0.1, 0.15) is 23.2 Å². The molecule has 4 nitrogen and oxygen atoms in total. The van der Waals surface area contributed by atoms with Gasteiger partial charge in [-0.3, -0.25) is 9.59 Å². The quantitative estimate of drug-likeness (QED) is 0.879. The highest BCUT2D eigenvalue weighted by atomic mass is 16.1. The van der Waals surface area contributed by atoms with Crippen LogP contribution in [0.3, 0.4) is 0 Å². The summed E-state index contributed by atoms with van der Waals surface area (Å²) in [6, 6.07) is 11.0. The third kappa shape index (κ3) is 2.57. The van der Waals surface area contributed by atoms with Gasteiger partial charge >= 0.3 is 0 Å². The summed E-state index contributed by atoms with van der Waals surface area (Å²) in [5, 5.41) is 2.94. The van der Waals surface area contributed by atoms with Crippen molar-refractivity contribution in [2.75, 3.05) is 0 Å². The lowest BCUT2D eigenvalue weighted by atomic mass is 10.0. The van der Waals surface area contributed by atoms with Crippen molar-refractivity contribution in [3.8, 4) is 11.1 Å². The first-order valence-electron chi connectivity index (χ1n) is 6.33. The molecule has 1 saturated carbocycles. The van der Waals surface area contributed by atoms with Gasteiger partial charge < -0.3 is 10.3 Å². The Morgan fingerprint density at radius 1 is 1.21 bits per heavy atom. The van der Waals surface area contributed by atoms with Crippen LogP contribution in [0.5, 0.6) is 0 Å². The van der Waals surface area contributed by atoms with Crippen molar-refractivity contribution in [1.29, 1.82) is 0 Å². The van der Waals surface area contributed by atoms with E-state index in [2.05, 4.69) is 10.3 Å². The highest BCUT2D eigenvalue weighted by Crippen LogP contribution is 2.20. The van der Waals surface area contributed by atoms with Gasteiger partial charge in [0.05, 0.1) is 0 Å². The second-order valence-corrected chi connectivity index (χ2v) is 4.74. The summed E-state index contributed by atoms with van der Waals surface area (Å²) >= 11 is 0. The summed E-state index contributed by atoms with van der Waals surface area (Å²) in [6.07, 6.45) is 3.71. The first-order valence-corrected chi connectivity index (χ1v) is 6.33. The Kier molecular flexibility index (Phi) is 2.91. The first-order chi connectivity index (χ1) is 9.24. The van der Waals surface area contributed by atoms with E-state index in [-0.39, 0.29) is 11.5 Å². The van der Waals surface area contributed by atoms with Crippen LogP contribution in [0.15, 0.2) is 47.4 Å². The van der Waals surface area contributed by atoms with Crippen LogP contribution in [0.25, 0.3) is 11.1 Å². The third-order valence-corrected chi connectivity index (χ3v) is 3.17. The van der Waals surface area contributed by atoms with Crippen molar-refractivity contribution in [1.82, 2.24) is 10.3 Å². The number of aromatic nitrogens is 1. The monoisotopic (exact) mass is 254 g/mol. The van der Waals surface area contributed by atoms with Crippen LogP contribution >= 0.6 is 0 Å². The summed E-state index contributed by atoms with van der Waals surface area (Å²) in [5.74, 6) is -0.0725. The normalized spacial score (nSPS) is 14.1. The SMILES string of the molecule is O=C(NC1CC1)c1cccc(-c2ccc[nH]c2=O)c1. The molecule has 0 saturated heterocycles. The summed E-state index contributed by atoms with van der Waals surface area (Å²) in [5.41, 5.74) is 1.77. The van der Waals surface area contributed by atoms with Gasteiger partial charge in [-0.2, -0.15) is 0 Å². The summed E-state index contributed by atoms with van der Waals surface area (Å²) in [6.45, 7) is 0. The molecule has 0 unspecified atom stereocenters. The minimum absolute atomic E-state index is 0.0725. The molecule has 96 valence electrons. The third-order valence-electron chi connectivity index (χ3n) is 3.17. The fourth-order valence-electron chi connectivity index (χ4n) is 1.97. The lowest BCUT2D eigenvalue weighted by molar-refractivity contribution is 0.0951. The fraction of sp³-hybridized carbons (Fsp3) is 0.200. The molecular formula is C15H14N2O2. The number of pyridine rings is 1. The van der Waals surface area contributed by atoms with E-state index in [1.54, 1.807) is 36.5 Å². The van der Waals surface area contributed by atoms with Gasteiger partial charge in [-0.1, -0.05) is 12.1 Å². The number of carbonyl (C=O) groups excluding carboxylic acids is 1. The van der Waals surface area contributed by atoms with Gasteiger partial charge in [0.25, 0.3) is 11.5 Å². The molecule has 4 heteroatoms. The van der Waals surface area contributed by atoms with Gasteiger partial charge in [-0.25, -0.2) is 0 Å². The molecule has 19 heavy (non-hydrogen) atoms. The summed E-state index contributed by atoms with van der Waals surface area (Å²) < 4.78 is 0. The zero-order valence-corrected chi connectivity index (χ0v) is 10.3. The standard InChI is InChI=1S/C15H14N2O2/c18-14(17-12-6-7-12)11-4-1-3-10(9-11)13-5-2-8-16-15(13)19/h1-5,8-9,12H,6-7H2,(H,16,19)(H,17,18). The Morgan fingerprint density at radius 3 is 2.79 bits per heavy atom. The molecule has 2 aromatic rings. The fourth-order valence-corrected chi connectivity index (χ4v) is 1.97. The van der Waals surface area contributed by atoms with Gasteiger partial charge in [0.1, 0.15) is 0 Å². The van der Waals surface area contributed by atoms with E-state index in [9.17, 15) is 9.59 Å². The van der Waals surface area contributed by atoms with Crippen molar-refractivity contribution in [3.05, 3.63) is 58.5 Å². The lowest BCUT2D eigenvalue weighted by Gasteiger charge is -2.05. The maximum atomic E-state index is 12.0. The first kappa shape index (κ1) is 11.7. The van der Waals surface area contributed by atoms with Crippen molar-refractivity contribution in [3.63, 3.8) is 0 Å². The van der Waals surface area contributed by atoms with Crippen LogP contribution in [0, 0.1) is 0 Å². The Hall–Kier alpha value is -2.36. The minimum Gasteiger partial charge on any atom is -0.349 e. The average molecular weight is 254 g/mol. The highest BCUT2D eigenvalue weighted by Gasteiger charge is 2.23. The highest BCUT2D eigenvalue weighted by molar-refractivity contribution is 5.95. The average Bonchev–Trinajstić information content (AvgIpc) is 3.23. The van der Waals surface area contributed by atoms with Crippen molar-refractivity contribution in [2.24, 2.45) is 0 Å². The van der Waals surface area contributed by atoms with Crippen LogP contribution < -0.4 is 10.9 Å². The Morgan fingerprint density at radius 2 is 2.05 bits per heavy atom. The predicted molar refractivity (Wildman–Crippen MR) is 73.0 cm³/mol. The number of hydrogen-bond acceptors (Lipinski definition) is 2. The number of amides is 1. The molecule has 0 bridgehead atoms. The van der Waals surface area contributed by atoms with E-state index < -0.39 is 0 Å². The van der Waals surface area contributed by atoms with Gasteiger partial charge in [0, 0.05) is 23.4 Å². The molecule has 1 amide bonds. The van der Waals surface area contributed by atoms with Gasteiger partial charge in [-0.15, -0.1) is 0 Å². The molecular weight excluding hydrogens is 240 g/mol.